The second-order valence-electron chi connectivity index (χ2n) is 7.74. The molecule has 4 rings (SSSR count). The standard InChI is InChI=1S/C25H24ClN5OS/c1-2-3-7-17-10-12-19(13-11-17)31-29-22-15-20(26)21(16-23(22)30-31)27-25(33)28-24(32)14-18-8-5-4-6-9-18/h4-6,8-13,15-16H,2-3,7,14H2,1H3,(H2,27,28,32,33). The van der Waals surface area contributed by atoms with E-state index in [0.29, 0.717) is 21.7 Å². The van der Waals surface area contributed by atoms with E-state index in [1.807, 2.05) is 42.5 Å². The van der Waals surface area contributed by atoms with Crippen LogP contribution >= 0.6 is 23.8 Å². The van der Waals surface area contributed by atoms with Crippen LogP contribution in [0.4, 0.5) is 5.69 Å². The van der Waals surface area contributed by atoms with Crippen LogP contribution in [-0.4, -0.2) is 26.0 Å². The maximum atomic E-state index is 12.3. The molecule has 2 N–H and O–H groups in total. The third-order valence-electron chi connectivity index (χ3n) is 5.16. The topological polar surface area (TPSA) is 71.8 Å². The molecule has 168 valence electrons. The second kappa shape index (κ2) is 10.6. The predicted octanol–water partition coefficient (Wildman–Crippen LogP) is 5.47. The van der Waals surface area contributed by atoms with E-state index in [2.05, 4.69) is 39.9 Å². The molecule has 0 bridgehead atoms. The Morgan fingerprint density at radius 1 is 1.00 bits per heavy atom. The summed E-state index contributed by atoms with van der Waals surface area (Å²) in [5, 5.41) is 15.4. The molecule has 0 aliphatic heterocycles. The maximum absolute atomic E-state index is 12.3. The average Bonchev–Trinajstić information content (AvgIpc) is 3.21. The van der Waals surface area contributed by atoms with E-state index < -0.39 is 0 Å². The minimum absolute atomic E-state index is 0.173. The number of hydrogen-bond acceptors (Lipinski definition) is 4. The first-order valence-electron chi connectivity index (χ1n) is 10.8. The van der Waals surface area contributed by atoms with Gasteiger partial charge in [0.2, 0.25) is 5.91 Å². The number of thiocarbonyl (C=S) groups is 1. The van der Waals surface area contributed by atoms with Gasteiger partial charge in [-0.25, -0.2) is 0 Å². The smallest absolute Gasteiger partial charge is 0.230 e. The molecule has 0 atom stereocenters. The minimum atomic E-state index is -0.204. The first-order chi connectivity index (χ1) is 16.0. The van der Waals surface area contributed by atoms with Gasteiger partial charge in [0.15, 0.2) is 5.11 Å². The Balaban J connectivity index is 1.45. The van der Waals surface area contributed by atoms with Crippen LogP contribution in [0.15, 0.2) is 66.7 Å². The molecule has 0 radical (unpaired) electrons. The molecule has 8 heteroatoms. The van der Waals surface area contributed by atoms with Crippen molar-refractivity contribution in [2.45, 2.75) is 32.6 Å². The number of rotatable bonds is 7. The first-order valence-corrected chi connectivity index (χ1v) is 11.6. The van der Waals surface area contributed by atoms with E-state index >= 15 is 0 Å². The summed E-state index contributed by atoms with van der Waals surface area (Å²) in [6.07, 6.45) is 3.65. The number of halogens is 1. The number of aromatic nitrogens is 3. The number of nitrogens with one attached hydrogen (secondary N) is 2. The van der Waals surface area contributed by atoms with E-state index in [4.69, 9.17) is 23.8 Å². The van der Waals surface area contributed by atoms with Gasteiger partial charge in [0.1, 0.15) is 11.0 Å². The van der Waals surface area contributed by atoms with Crippen LogP contribution in [-0.2, 0) is 17.6 Å². The average molecular weight is 478 g/mol. The zero-order valence-corrected chi connectivity index (χ0v) is 19.8. The Kier molecular flexibility index (Phi) is 7.32. The van der Waals surface area contributed by atoms with Crippen molar-refractivity contribution >= 4 is 51.6 Å². The molecule has 0 spiro atoms. The molecule has 0 saturated heterocycles. The fourth-order valence-corrected chi connectivity index (χ4v) is 3.86. The van der Waals surface area contributed by atoms with Crippen molar-refractivity contribution in [1.82, 2.24) is 20.3 Å². The predicted molar refractivity (Wildman–Crippen MR) is 137 cm³/mol. The van der Waals surface area contributed by atoms with E-state index in [9.17, 15) is 4.79 Å². The summed E-state index contributed by atoms with van der Waals surface area (Å²) in [5.74, 6) is -0.204. The lowest BCUT2D eigenvalue weighted by atomic mass is 10.1. The molecule has 0 saturated carbocycles. The van der Waals surface area contributed by atoms with Gasteiger partial charge in [0.05, 0.1) is 22.8 Å². The Bertz CT molecular complexity index is 1270. The van der Waals surface area contributed by atoms with Crippen molar-refractivity contribution in [3.05, 3.63) is 82.9 Å². The van der Waals surface area contributed by atoms with Crippen LogP contribution < -0.4 is 10.6 Å². The number of benzene rings is 3. The normalized spacial score (nSPS) is 10.8. The van der Waals surface area contributed by atoms with Gasteiger partial charge >= 0.3 is 0 Å². The molecule has 33 heavy (non-hydrogen) atoms. The fourth-order valence-electron chi connectivity index (χ4n) is 3.43. The van der Waals surface area contributed by atoms with Crippen LogP contribution in [0.2, 0.25) is 5.02 Å². The van der Waals surface area contributed by atoms with Crippen LogP contribution in [0, 0.1) is 0 Å². The molecular weight excluding hydrogens is 454 g/mol. The molecule has 0 unspecified atom stereocenters. The van der Waals surface area contributed by atoms with Crippen LogP contribution in [0.1, 0.15) is 30.9 Å². The number of fused-ring (bicyclic) bond motifs is 1. The van der Waals surface area contributed by atoms with E-state index in [1.54, 1.807) is 16.9 Å². The quantitative estimate of drug-likeness (QED) is 0.345. The van der Waals surface area contributed by atoms with Crippen molar-refractivity contribution in [1.29, 1.82) is 0 Å². The highest BCUT2D eigenvalue weighted by Gasteiger charge is 2.12. The molecule has 0 aliphatic carbocycles. The zero-order valence-electron chi connectivity index (χ0n) is 18.2. The summed E-state index contributed by atoms with van der Waals surface area (Å²) in [6, 6.07) is 21.2. The molecule has 0 fully saturated rings. The molecular formula is C25H24ClN5OS. The van der Waals surface area contributed by atoms with Gasteiger partial charge in [0.25, 0.3) is 0 Å². The third-order valence-corrected chi connectivity index (χ3v) is 5.68. The van der Waals surface area contributed by atoms with Gasteiger partial charge in [-0.2, -0.15) is 4.80 Å². The molecule has 3 aromatic carbocycles. The summed E-state index contributed by atoms with van der Waals surface area (Å²) in [4.78, 5) is 13.8. The van der Waals surface area contributed by atoms with E-state index in [1.165, 1.54) is 18.4 Å². The Labute approximate surface area is 203 Å². The highest BCUT2D eigenvalue weighted by Crippen LogP contribution is 2.27. The third kappa shape index (κ3) is 5.94. The molecule has 6 nitrogen and oxygen atoms in total. The highest BCUT2D eigenvalue weighted by molar-refractivity contribution is 7.80. The fraction of sp³-hybridized carbons (Fsp3) is 0.200. The molecule has 1 amide bonds. The van der Waals surface area contributed by atoms with Gasteiger partial charge in [0, 0.05) is 0 Å². The molecule has 4 aromatic rings. The highest BCUT2D eigenvalue weighted by atomic mass is 35.5. The van der Waals surface area contributed by atoms with Crippen molar-refractivity contribution in [2.75, 3.05) is 5.32 Å². The lowest BCUT2D eigenvalue weighted by Gasteiger charge is -2.10. The zero-order chi connectivity index (χ0) is 23.2. The summed E-state index contributed by atoms with van der Waals surface area (Å²) in [5.41, 5.74) is 4.97. The summed E-state index contributed by atoms with van der Waals surface area (Å²) < 4.78 is 0. The number of unbranched alkanes of at least 4 members (excludes halogenated alkanes) is 1. The Morgan fingerprint density at radius 3 is 2.39 bits per heavy atom. The van der Waals surface area contributed by atoms with Crippen molar-refractivity contribution in [3.63, 3.8) is 0 Å². The first kappa shape index (κ1) is 22.9. The van der Waals surface area contributed by atoms with E-state index in [0.717, 1.165) is 17.7 Å². The lowest BCUT2D eigenvalue weighted by molar-refractivity contribution is -0.119. The monoisotopic (exact) mass is 477 g/mol. The van der Waals surface area contributed by atoms with Crippen molar-refractivity contribution < 1.29 is 4.79 Å². The number of aryl methyl sites for hydroxylation is 1. The van der Waals surface area contributed by atoms with Crippen LogP contribution in [0.5, 0.6) is 0 Å². The SMILES string of the molecule is CCCCc1ccc(-n2nc3cc(Cl)c(NC(=S)NC(=O)Cc4ccccc4)cc3n2)cc1. The number of carbonyl (C=O) groups excluding carboxylic acids is 1. The summed E-state index contributed by atoms with van der Waals surface area (Å²) in [6.45, 7) is 2.19. The number of nitrogens with zero attached hydrogens (tertiary/aromatic N) is 3. The van der Waals surface area contributed by atoms with Crippen LogP contribution in [0.25, 0.3) is 16.7 Å². The Morgan fingerprint density at radius 2 is 1.70 bits per heavy atom. The van der Waals surface area contributed by atoms with Gasteiger partial charge in [-0.1, -0.05) is 67.4 Å². The number of amides is 1. The van der Waals surface area contributed by atoms with Crippen LogP contribution in [0.3, 0.4) is 0 Å². The number of hydrogen-bond donors (Lipinski definition) is 2. The minimum Gasteiger partial charge on any atom is -0.331 e. The number of carbonyl (C=O) groups is 1. The van der Waals surface area contributed by atoms with Gasteiger partial charge in [-0.15, -0.1) is 10.2 Å². The lowest BCUT2D eigenvalue weighted by Crippen LogP contribution is -2.35. The molecule has 0 aliphatic rings. The van der Waals surface area contributed by atoms with Crippen molar-refractivity contribution in [3.8, 4) is 5.69 Å². The number of anilines is 1. The van der Waals surface area contributed by atoms with Gasteiger partial charge in [-0.05, 0) is 60.5 Å². The molecule has 1 aromatic heterocycles. The maximum Gasteiger partial charge on any atom is 0.230 e. The summed E-state index contributed by atoms with van der Waals surface area (Å²) in [7, 11) is 0. The Hall–Kier alpha value is -3.29. The van der Waals surface area contributed by atoms with Gasteiger partial charge in [-0.3, -0.25) is 4.79 Å². The second-order valence-corrected chi connectivity index (χ2v) is 8.56. The largest absolute Gasteiger partial charge is 0.331 e. The van der Waals surface area contributed by atoms with Crippen molar-refractivity contribution in [2.24, 2.45) is 0 Å². The van der Waals surface area contributed by atoms with E-state index in [-0.39, 0.29) is 17.4 Å². The van der Waals surface area contributed by atoms with Gasteiger partial charge < -0.3 is 10.6 Å². The summed E-state index contributed by atoms with van der Waals surface area (Å²) >= 11 is 11.7. The molecule has 1 heterocycles.